The maximum Gasteiger partial charge on any atom is 0.238 e. The van der Waals surface area contributed by atoms with Crippen LogP contribution in [0.2, 0.25) is 10.0 Å². The smallest absolute Gasteiger partial charge is 0.238 e. The van der Waals surface area contributed by atoms with E-state index in [0.29, 0.717) is 44.7 Å². The number of aromatic nitrogens is 4. The van der Waals surface area contributed by atoms with Gasteiger partial charge in [0.2, 0.25) is 5.91 Å². The molecule has 1 amide bonds. The average Bonchev–Trinajstić information content (AvgIpc) is 3.35. The van der Waals surface area contributed by atoms with E-state index >= 15 is 0 Å². The third-order valence-electron chi connectivity index (χ3n) is 4.60. The van der Waals surface area contributed by atoms with Crippen LogP contribution in [0, 0.1) is 6.92 Å². The Balaban J connectivity index is 1.63. The second kappa shape index (κ2) is 9.77. The van der Waals surface area contributed by atoms with E-state index < -0.39 is 5.25 Å². The van der Waals surface area contributed by atoms with E-state index in [1.807, 2.05) is 41.0 Å². The first kappa shape index (κ1) is 22.4. The number of carbonyl (C=O) groups excluding carboxylic acids is 1. The van der Waals surface area contributed by atoms with Crippen LogP contribution in [0.4, 0.5) is 5.82 Å². The van der Waals surface area contributed by atoms with E-state index in [9.17, 15) is 4.79 Å². The van der Waals surface area contributed by atoms with Gasteiger partial charge in [-0.25, -0.2) is 0 Å². The number of nitrogens with one attached hydrogen (secondary N) is 1. The molecule has 0 saturated carbocycles. The second-order valence-electron chi connectivity index (χ2n) is 7.07. The molecule has 1 N–H and O–H groups in total. The molecule has 32 heavy (non-hydrogen) atoms. The monoisotopic (exact) mass is 487 g/mol. The Kier molecular flexibility index (Phi) is 6.83. The molecule has 7 nitrogen and oxygen atoms in total. The van der Waals surface area contributed by atoms with E-state index in [0.717, 1.165) is 5.56 Å². The molecule has 4 aromatic rings. The molecule has 1 atom stereocenters. The van der Waals surface area contributed by atoms with Gasteiger partial charge in [0, 0.05) is 16.7 Å². The molecule has 0 aliphatic carbocycles. The SMILES string of the molecule is Cc1cc(NC(=O)C(C)Sc2nnc(-c3ccc(Cl)cc3Cl)n2Cc2ccccc2)no1. The standard InChI is InChI=1S/C22H19Cl2N5O2S/c1-13-10-19(28-31-13)25-21(30)14(2)32-22-27-26-20(17-9-8-16(23)11-18(17)24)29(22)12-15-6-4-3-5-7-15/h3-11,14H,12H2,1-2H3,(H,25,28,30). The molecule has 0 radical (unpaired) electrons. The van der Waals surface area contributed by atoms with Crippen molar-refractivity contribution < 1.29 is 9.32 Å². The number of amides is 1. The van der Waals surface area contributed by atoms with Crippen molar-refractivity contribution in [2.75, 3.05) is 5.32 Å². The van der Waals surface area contributed by atoms with Crippen molar-refractivity contribution in [2.45, 2.75) is 30.8 Å². The van der Waals surface area contributed by atoms with Crippen molar-refractivity contribution in [1.29, 1.82) is 0 Å². The Labute approximate surface area is 199 Å². The van der Waals surface area contributed by atoms with Crippen LogP contribution in [-0.2, 0) is 11.3 Å². The summed E-state index contributed by atoms with van der Waals surface area (Å²) in [6.45, 7) is 4.07. The van der Waals surface area contributed by atoms with Gasteiger partial charge in [-0.2, -0.15) is 0 Å². The maximum atomic E-state index is 12.7. The highest BCUT2D eigenvalue weighted by molar-refractivity contribution is 8.00. The van der Waals surface area contributed by atoms with Crippen molar-refractivity contribution in [1.82, 2.24) is 19.9 Å². The number of anilines is 1. The molecule has 164 valence electrons. The summed E-state index contributed by atoms with van der Waals surface area (Å²) in [6, 6.07) is 16.8. The Morgan fingerprint density at radius 1 is 1.16 bits per heavy atom. The fourth-order valence-corrected chi connectivity index (χ4v) is 4.36. The van der Waals surface area contributed by atoms with Crippen molar-refractivity contribution in [3.8, 4) is 11.4 Å². The highest BCUT2D eigenvalue weighted by atomic mass is 35.5. The van der Waals surface area contributed by atoms with Crippen LogP contribution in [0.15, 0.2) is 64.3 Å². The zero-order chi connectivity index (χ0) is 22.7. The minimum atomic E-state index is -0.459. The normalized spacial score (nSPS) is 12.0. The van der Waals surface area contributed by atoms with Gasteiger partial charge in [0.1, 0.15) is 5.76 Å². The van der Waals surface area contributed by atoms with E-state index in [1.54, 1.807) is 32.0 Å². The van der Waals surface area contributed by atoms with Gasteiger partial charge in [0.05, 0.1) is 16.8 Å². The fourth-order valence-electron chi connectivity index (χ4n) is 3.02. The third-order valence-corrected chi connectivity index (χ3v) is 6.23. The average molecular weight is 488 g/mol. The Morgan fingerprint density at radius 3 is 2.62 bits per heavy atom. The summed E-state index contributed by atoms with van der Waals surface area (Å²) in [5, 5.41) is 16.4. The van der Waals surface area contributed by atoms with Crippen molar-refractivity contribution in [3.05, 3.63) is 76.0 Å². The largest absolute Gasteiger partial charge is 0.360 e. The van der Waals surface area contributed by atoms with E-state index in [2.05, 4.69) is 20.7 Å². The lowest BCUT2D eigenvalue weighted by molar-refractivity contribution is -0.115. The summed E-state index contributed by atoms with van der Waals surface area (Å²) >= 11 is 13.8. The first-order chi connectivity index (χ1) is 15.4. The summed E-state index contributed by atoms with van der Waals surface area (Å²) in [6.07, 6.45) is 0. The number of carbonyl (C=O) groups is 1. The minimum absolute atomic E-state index is 0.219. The van der Waals surface area contributed by atoms with Crippen LogP contribution in [-0.4, -0.2) is 31.1 Å². The van der Waals surface area contributed by atoms with Gasteiger partial charge in [-0.3, -0.25) is 9.36 Å². The molecule has 0 aliphatic rings. The topological polar surface area (TPSA) is 85.8 Å². The minimum Gasteiger partial charge on any atom is -0.360 e. The molecular formula is C22H19Cl2N5O2S. The summed E-state index contributed by atoms with van der Waals surface area (Å²) in [4.78, 5) is 12.7. The van der Waals surface area contributed by atoms with Crippen LogP contribution < -0.4 is 5.32 Å². The predicted octanol–water partition coefficient (Wildman–Crippen LogP) is 5.72. The molecule has 0 bridgehead atoms. The predicted molar refractivity (Wildman–Crippen MR) is 126 cm³/mol. The van der Waals surface area contributed by atoms with E-state index in [-0.39, 0.29) is 5.91 Å². The summed E-state index contributed by atoms with van der Waals surface area (Å²) in [5.41, 5.74) is 1.78. The number of aryl methyl sites for hydroxylation is 1. The molecule has 0 saturated heterocycles. The second-order valence-corrected chi connectivity index (χ2v) is 9.23. The highest BCUT2D eigenvalue weighted by Crippen LogP contribution is 2.33. The first-order valence-corrected chi connectivity index (χ1v) is 11.4. The maximum absolute atomic E-state index is 12.7. The fraction of sp³-hybridized carbons (Fsp3) is 0.182. The molecular weight excluding hydrogens is 469 g/mol. The van der Waals surface area contributed by atoms with Crippen LogP contribution >= 0.6 is 35.0 Å². The van der Waals surface area contributed by atoms with Gasteiger partial charge in [0.25, 0.3) is 0 Å². The Bertz CT molecular complexity index is 1240. The summed E-state index contributed by atoms with van der Waals surface area (Å²) in [5.74, 6) is 1.37. The zero-order valence-electron chi connectivity index (χ0n) is 17.3. The van der Waals surface area contributed by atoms with Crippen LogP contribution in [0.5, 0.6) is 0 Å². The van der Waals surface area contributed by atoms with Gasteiger partial charge < -0.3 is 9.84 Å². The molecule has 4 rings (SSSR count). The first-order valence-electron chi connectivity index (χ1n) is 9.74. The number of benzene rings is 2. The number of rotatable bonds is 7. The van der Waals surface area contributed by atoms with Gasteiger partial charge >= 0.3 is 0 Å². The molecule has 1 unspecified atom stereocenters. The molecule has 2 aromatic heterocycles. The number of hydrogen-bond acceptors (Lipinski definition) is 6. The Morgan fingerprint density at radius 2 is 1.94 bits per heavy atom. The number of halogens is 2. The number of hydrogen-bond donors (Lipinski definition) is 1. The molecule has 10 heteroatoms. The lowest BCUT2D eigenvalue weighted by atomic mass is 10.2. The lowest BCUT2D eigenvalue weighted by Crippen LogP contribution is -2.23. The number of thioether (sulfide) groups is 1. The van der Waals surface area contributed by atoms with Gasteiger partial charge in [-0.1, -0.05) is 70.5 Å². The molecule has 0 fully saturated rings. The van der Waals surface area contributed by atoms with Gasteiger partial charge in [-0.15, -0.1) is 10.2 Å². The summed E-state index contributed by atoms with van der Waals surface area (Å²) < 4.78 is 6.94. The van der Waals surface area contributed by atoms with Crippen molar-refractivity contribution >= 4 is 46.7 Å². The van der Waals surface area contributed by atoms with Crippen LogP contribution in [0.1, 0.15) is 18.2 Å². The Hall–Kier alpha value is -2.81. The molecule has 2 heterocycles. The van der Waals surface area contributed by atoms with Crippen molar-refractivity contribution in [3.63, 3.8) is 0 Å². The lowest BCUT2D eigenvalue weighted by Gasteiger charge is -2.14. The van der Waals surface area contributed by atoms with Crippen molar-refractivity contribution in [2.24, 2.45) is 0 Å². The quantitative estimate of drug-likeness (QED) is 0.335. The third kappa shape index (κ3) is 5.15. The summed E-state index contributed by atoms with van der Waals surface area (Å²) in [7, 11) is 0. The van der Waals surface area contributed by atoms with E-state index in [4.69, 9.17) is 27.7 Å². The zero-order valence-corrected chi connectivity index (χ0v) is 19.6. The van der Waals surface area contributed by atoms with Crippen LogP contribution in [0.25, 0.3) is 11.4 Å². The number of nitrogens with zero attached hydrogens (tertiary/aromatic N) is 4. The van der Waals surface area contributed by atoms with Gasteiger partial charge in [0.15, 0.2) is 16.8 Å². The van der Waals surface area contributed by atoms with E-state index in [1.165, 1.54) is 11.8 Å². The molecule has 2 aromatic carbocycles. The van der Waals surface area contributed by atoms with Crippen LogP contribution in [0.3, 0.4) is 0 Å². The molecule has 0 spiro atoms. The molecule has 0 aliphatic heterocycles. The van der Waals surface area contributed by atoms with Gasteiger partial charge in [-0.05, 0) is 37.6 Å². The highest BCUT2D eigenvalue weighted by Gasteiger charge is 2.23.